The van der Waals surface area contributed by atoms with Crippen molar-refractivity contribution < 1.29 is 14.4 Å². The van der Waals surface area contributed by atoms with Crippen LogP contribution in [-0.4, -0.2) is 17.6 Å². The molecule has 4 heteroatoms. The van der Waals surface area contributed by atoms with Gasteiger partial charge in [0.1, 0.15) is 0 Å². The highest BCUT2D eigenvalue weighted by atomic mass is 16.2. The number of imide groups is 1. The van der Waals surface area contributed by atoms with Gasteiger partial charge in [0.25, 0.3) is 0 Å². The molecule has 0 saturated carbocycles. The number of amides is 2. The van der Waals surface area contributed by atoms with Gasteiger partial charge in [-0.15, -0.1) is 0 Å². The first-order valence-electron chi connectivity index (χ1n) is 7.04. The number of Topliss-reactive ketones (excluding diaryl/α,β-unsaturated/α-hetero) is 1. The highest BCUT2D eigenvalue weighted by Gasteiger charge is 2.30. The third-order valence-electron chi connectivity index (χ3n) is 3.56. The maximum atomic E-state index is 12.1. The Kier molecular flexibility index (Phi) is 4.32. The summed E-state index contributed by atoms with van der Waals surface area (Å²) in [5.41, 5.74) is 2.03. The molecule has 1 aliphatic heterocycles. The lowest BCUT2D eigenvalue weighted by Crippen LogP contribution is -2.31. The zero-order chi connectivity index (χ0) is 14.7. The van der Waals surface area contributed by atoms with E-state index in [1.165, 1.54) is 11.8 Å². The second-order valence-electron chi connectivity index (χ2n) is 5.15. The molecule has 0 bridgehead atoms. The highest BCUT2D eigenvalue weighted by molar-refractivity contribution is 6.18. The smallest absolute Gasteiger partial charge is 0.238 e. The molecular weight excluding hydrogens is 254 g/mol. The number of fused-ring (bicyclic) bond motifs is 1. The maximum absolute atomic E-state index is 12.1. The van der Waals surface area contributed by atoms with Crippen molar-refractivity contribution in [2.45, 2.75) is 46.0 Å². The third kappa shape index (κ3) is 2.79. The number of hydrogen-bond donors (Lipinski definition) is 0. The summed E-state index contributed by atoms with van der Waals surface area (Å²) >= 11 is 0. The van der Waals surface area contributed by atoms with Crippen LogP contribution in [0.4, 0.5) is 5.69 Å². The summed E-state index contributed by atoms with van der Waals surface area (Å²) in [4.78, 5) is 36.5. The number of rotatable bonds is 5. The predicted molar refractivity (Wildman–Crippen MR) is 76.8 cm³/mol. The van der Waals surface area contributed by atoms with Crippen molar-refractivity contribution in [3.63, 3.8) is 0 Å². The molecule has 0 spiro atoms. The van der Waals surface area contributed by atoms with Crippen LogP contribution in [-0.2, 0) is 16.0 Å². The van der Waals surface area contributed by atoms with E-state index in [0.29, 0.717) is 17.7 Å². The number of hydrogen-bond acceptors (Lipinski definition) is 3. The van der Waals surface area contributed by atoms with Gasteiger partial charge < -0.3 is 0 Å². The first-order valence-corrected chi connectivity index (χ1v) is 7.04. The third-order valence-corrected chi connectivity index (χ3v) is 3.56. The van der Waals surface area contributed by atoms with Crippen LogP contribution in [0.15, 0.2) is 18.2 Å². The van der Waals surface area contributed by atoms with Gasteiger partial charge in [-0.2, -0.15) is 0 Å². The average Bonchev–Trinajstić information content (AvgIpc) is 2.73. The van der Waals surface area contributed by atoms with E-state index in [4.69, 9.17) is 0 Å². The standard InChI is InChI=1S/C16H19NO3/c1-3-4-5-6-15(19)12-7-8-14-13(9-12)10-16(20)17(14)11(2)18/h7-9H,3-6,10H2,1-2H3. The van der Waals surface area contributed by atoms with Crippen LogP contribution >= 0.6 is 0 Å². The minimum atomic E-state index is -0.282. The van der Waals surface area contributed by atoms with Gasteiger partial charge in [-0.1, -0.05) is 19.8 Å². The summed E-state index contributed by atoms with van der Waals surface area (Å²) in [6, 6.07) is 5.17. The zero-order valence-corrected chi connectivity index (χ0v) is 11.9. The van der Waals surface area contributed by atoms with Gasteiger partial charge >= 0.3 is 0 Å². The molecule has 2 amide bonds. The average molecular weight is 273 g/mol. The summed E-state index contributed by atoms with van der Waals surface area (Å²) in [5, 5.41) is 0. The van der Waals surface area contributed by atoms with E-state index in [2.05, 4.69) is 6.92 Å². The van der Waals surface area contributed by atoms with E-state index in [1.807, 2.05) is 0 Å². The van der Waals surface area contributed by atoms with E-state index < -0.39 is 0 Å². The van der Waals surface area contributed by atoms with E-state index in [9.17, 15) is 14.4 Å². The van der Waals surface area contributed by atoms with Crippen molar-refractivity contribution in [1.29, 1.82) is 0 Å². The lowest BCUT2D eigenvalue weighted by atomic mass is 10.0. The van der Waals surface area contributed by atoms with Gasteiger partial charge in [-0.3, -0.25) is 19.3 Å². The number of nitrogens with zero attached hydrogens (tertiary/aromatic N) is 1. The summed E-state index contributed by atoms with van der Waals surface area (Å²) in [6.45, 7) is 3.47. The molecule has 0 radical (unpaired) electrons. The topological polar surface area (TPSA) is 54.5 Å². The Morgan fingerprint density at radius 2 is 2.00 bits per heavy atom. The molecule has 0 N–H and O–H groups in total. The molecule has 20 heavy (non-hydrogen) atoms. The van der Waals surface area contributed by atoms with E-state index in [1.54, 1.807) is 18.2 Å². The van der Waals surface area contributed by atoms with Crippen LogP contribution in [0.2, 0.25) is 0 Å². The van der Waals surface area contributed by atoms with Crippen molar-refractivity contribution in [3.8, 4) is 0 Å². The Balaban J connectivity index is 2.18. The molecule has 106 valence electrons. The second kappa shape index (κ2) is 5.99. The zero-order valence-electron chi connectivity index (χ0n) is 11.9. The Hall–Kier alpha value is -1.97. The molecular formula is C16H19NO3. The Morgan fingerprint density at radius 3 is 2.65 bits per heavy atom. The summed E-state index contributed by atoms with van der Waals surface area (Å²) in [6.07, 6.45) is 3.76. The van der Waals surface area contributed by atoms with Gasteiger partial charge in [0.15, 0.2) is 5.78 Å². The van der Waals surface area contributed by atoms with E-state index in [0.717, 1.165) is 24.8 Å². The van der Waals surface area contributed by atoms with Crippen molar-refractivity contribution in [3.05, 3.63) is 29.3 Å². The SMILES string of the molecule is CCCCCC(=O)c1ccc2c(c1)CC(=O)N2C(C)=O. The number of carbonyl (C=O) groups excluding carboxylic acids is 3. The van der Waals surface area contributed by atoms with Gasteiger partial charge in [0.05, 0.1) is 12.1 Å². The summed E-state index contributed by atoms with van der Waals surface area (Å²) in [5.74, 6) is -0.395. The fourth-order valence-electron chi connectivity index (χ4n) is 2.52. The molecule has 0 fully saturated rings. The molecule has 0 unspecified atom stereocenters. The predicted octanol–water partition coefficient (Wildman–Crippen LogP) is 2.89. The fraction of sp³-hybridized carbons (Fsp3) is 0.438. The van der Waals surface area contributed by atoms with Crippen LogP contribution in [0.5, 0.6) is 0 Å². The van der Waals surface area contributed by atoms with Crippen LogP contribution in [0.3, 0.4) is 0 Å². The second-order valence-corrected chi connectivity index (χ2v) is 5.15. The molecule has 1 aromatic carbocycles. The van der Waals surface area contributed by atoms with Crippen molar-refractivity contribution in [2.75, 3.05) is 4.90 Å². The molecule has 2 rings (SSSR count). The van der Waals surface area contributed by atoms with Crippen LogP contribution in [0.25, 0.3) is 0 Å². The maximum Gasteiger partial charge on any atom is 0.238 e. The van der Waals surface area contributed by atoms with Gasteiger partial charge in [-0.05, 0) is 30.2 Å². The Morgan fingerprint density at radius 1 is 1.25 bits per heavy atom. The highest BCUT2D eigenvalue weighted by Crippen LogP contribution is 2.30. The van der Waals surface area contributed by atoms with Gasteiger partial charge in [0, 0.05) is 18.9 Å². The number of anilines is 1. The molecule has 1 aromatic rings. The number of unbranched alkanes of at least 4 members (excludes halogenated alkanes) is 2. The molecule has 1 heterocycles. The monoisotopic (exact) mass is 273 g/mol. The van der Waals surface area contributed by atoms with E-state index >= 15 is 0 Å². The molecule has 4 nitrogen and oxygen atoms in total. The van der Waals surface area contributed by atoms with Crippen LogP contribution in [0, 0.1) is 0 Å². The van der Waals surface area contributed by atoms with Crippen LogP contribution in [0.1, 0.15) is 55.5 Å². The van der Waals surface area contributed by atoms with Gasteiger partial charge in [-0.25, -0.2) is 0 Å². The molecule has 0 saturated heterocycles. The van der Waals surface area contributed by atoms with E-state index in [-0.39, 0.29) is 24.0 Å². The van der Waals surface area contributed by atoms with Crippen LogP contribution < -0.4 is 4.90 Å². The number of carbonyl (C=O) groups is 3. The lowest BCUT2D eigenvalue weighted by Gasteiger charge is -2.12. The lowest BCUT2D eigenvalue weighted by molar-refractivity contribution is -0.124. The normalized spacial score (nSPS) is 13.5. The molecule has 0 aliphatic carbocycles. The molecule has 1 aliphatic rings. The largest absolute Gasteiger partial charge is 0.294 e. The number of benzene rings is 1. The number of ketones is 1. The van der Waals surface area contributed by atoms with Crippen molar-refractivity contribution in [1.82, 2.24) is 0 Å². The summed E-state index contributed by atoms with van der Waals surface area (Å²) < 4.78 is 0. The minimum Gasteiger partial charge on any atom is -0.294 e. The molecule has 0 atom stereocenters. The van der Waals surface area contributed by atoms with Crippen molar-refractivity contribution in [2.24, 2.45) is 0 Å². The first kappa shape index (κ1) is 14.4. The van der Waals surface area contributed by atoms with Gasteiger partial charge in [0.2, 0.25) is 11.8 Å². The first-order chi connectivity index (χ1) is 9.54. The minimum absolute atomic E-state index is 0.106. The summed E-state index contributed by atoms with van der Waals surface area (Å²) in [7, 11) is 0. The molecule has 0 aromatic heterocycles. The fourth-order valence-corrected chi connectivity index (χ4v) is 2.52. The quantitative estimate of drug-likeness (QED) is 0.612. The Bertz CT molecular complexity index is 563. The Labute approximate surface area is 118 Å². The van der Waals surface area contributed by atoms with Crippen molar-refractivity contribution >= 4 is 23.3 Å².